The first-order valence-corrected chi connectivity index (χ1v) is 23.5. The van der Waals surface area contributed by atoms with E-state index in [1.165, 1.54) is 91.0 Å². The van der Waals surface area contributed by atoms with Crippen LogP contribution in [0.4, 0.5) is 21.0 Å². The number of hydrogen-bond acceptors (Lipinski definition) is 12. The van der Waals surface area contributed by atoms with Crippen LogP contribution in [-0.2, 0) is 16.0 Å². The van der Waals surface area contributed by atoms with Crippen molar-refractivity contribution in [3.63, 3.8) is 0 Å². The van der Waals surface area contributed by atoms with Crippen molar-refractivity contribution >= 4 is 81.9 Å². The van der Waals surface area contributed by atoms with Gasteiger partial charge in [-0.1, -0.05) is 107 Å². The number of aromatic hydroxyl groups is 4. The monoisotopic (exact) mass is 1090 g/mol. The Morgan fingerprint density at radius 2 is 0.827 bits per heavy atom. The second-order valence-corrected chi connectivity index (χ2v) is 17.5. The molecule has 75 heavy (non-hydrogen) atoms. The average Bonchev–Trinajstić information content (AvgIpc) is 3.38. The molecule has 2 amide bonds. The molecule has 8 aromatic rings. The number of carbonyl (C=O) groups is 4. The molecule has 0 aliphatic rings. The summed E-state index contributed by atoms with van der Waals surface area (Å²) in [6.45, 7) is -1.47. The van der Waals surface area contributed by atoms with Gasteiger partial charge in [0.25, 0.3) is 0 Å². The first-order valence-electron chi connectivity index (χ1n) is 22.0. The van der Waals surface area contributed by atoms with Crippen LogP contribution in [0.15, 0.2) is 170 Å². The topological polar surface area (TPSA) is 233 Å². The Bertz CT molecular complexity index is 3300. The van der Waals surface area contributed by atoms with Gasteiger partial charge in [-0.2, -0.15) is 0 Å². The number of nitrogens with zero attached hydrogens (tertiary/aromatic N) is 2. The molecule has 0 fully saturated rings. The number of phenols is 4. The number of ether oxygens (including phenoxy) is 4. The van der Waals surface area contributed by atoms with Crippen molar-refractivity contribution in [3.05, 3.63) is 201 Å². The van der Waals surface area contributed by atoms with E-state index in [1.54, 1.807) is 18.2 Å². The van der Waals surface area contributed by atoms with Crippen molar-refractivity contribution in [2.45, 2.75) is 6.42 Å². The molecular weight excluding hydrogens is 1050 g/mol. The highest BCUT2D eigenvalue weighted by Crippen LogP contribution is 2.43. The lowest BCUT2D eigenvalue weighted by molar-refractivity contribution is -0.136. The fraction of sp³-hybridized carbons (Fsp3) is 0.0545. The molecule has 0 saturated carbocycles. The lowest BCUT2D eigenvalue weighted by Gasteiger charge is -2.22. The summed E-state index contributed by atoms with van der Waals surface area (Å²) in [4.78, 5) is 50.1. The second kappa shape index (κ2) is 24.8. The predicted octanol–water partition coefficient (Wildman–Crippen LogP) is 13.8. The molecule has 382 valence electrons. The fourth-order valence-electron chi connectivity index (χ4n) is 6.98. The predicted molar refractivity (Wildman–Crippen MR) is 282 cm³/mol. The minimum atomic E-state index is -1.30. The number of anilines is 2. The number of aliphatic carboxylic acids is 2. The van der Waals surface area contributed by atoms with Gasteiger partial charge in [-0.3, -0.25) is 19.4 Å². The van der Waals surface area contributed by atoms with Crippen molar-refractivity contribution in [1.29, 1.82) is 0 Å². The van der Waals surface area contributed by atoms with E-state index in [-0.39, 0.29) is 77.5 Å². The average molecular weight is 1090 g/mol. The van der Waals surface area contributed by atoms with Gasteiger partial charge in [0, 0.05) is 17.5 Å². The van der Waals surface area contributed by atoms with E-state index in [0.717, 1.165) is 20.9 Å². The van der Waals surface area contributed by atoms with E-state index in [9.17, 15) is 49.8 Å². The van der Waals surface area contributed by atoms with Crippen LogP contribution in [0, 0.1) is 0 Å². The summed E-state index contributed by atoms with van der Waals surface area (Å²) in [7, 11) is 0. The minimum absolute atomic E-state index is 0.00431. The normalized spacial score (nSPS) is 10.6. The number of phenolic OH excluding ortho intramolecular Hbond substituents is 4. The number of rotatable bonds is 15. The Hall–Kier alpha value is -8.80. The maximum Gasteiger partial charge on any atom is 0.420 e. The number of benzene rings is 8. The molecule has 16 nitrogen and oxygen atoms in total. The first-order chi connectivity index (χ1) is 35.9. The fourth-order valence-corrected chi connectivity index (χ4v) is 8.08. The number of halogens is 4. The Kier molecular flexibility index (Phi) is 17.8. The summed E-state index contributed by atoms with van der Waals surface area (Å²) < 4.78 is 22.3. The molecule has 0 aromatic heterocycles. The maximum absolute atomic E-state index is 12.8. The zero-order valence-corrected chi connectivity index (χ0v) is 41.7. The Morgan fingerprint density at radius 1 is 0.440 bits per heavy atom. The molecule has 0 spiro atoms. The minimum Gasteiger partial charge on any atom is -0.508 e. The maximum atomic E-state index is 12.8. The largest absolute Gasteiger partial charge is 0.508 e. The van der Waals surface area contributed by atoms with Crippen LogP contribution in [0.5, 0.6) is 57.5 Å². The van der Waals surface area contributed by atoms with Gasteiger partial charge in [0.15, 0.2) is 11.5 Å². The molecule has 0 radical (unpaired) electrons. The molecule has 8 aromatic carbocycles. The zero-order chi connectivity index (χ0) is 53.8. The second-order valence-electron chi connectivity index (χ2n) is 15.9. The van der Waals surface area contributed by atoms with Gasteiger partial charge in [0.05, 0.1) is 31.5 Å². The van der Waals surface area contributed by atoms with Gasteiger partial charge in [-0.15, -0.1) is 0 Å². The number of carboxylic acid groups (broad SMARTS) is 2. The van der Waals surface area contributed by atoms with Crippen molar-refractivity contribution in [2.24, 2.45) is 0 Å². The zero-order valence-electron chi connectivity index (χ0n) is 38.6. The van der Waals surface area contributed by atoms with Crippen LogP contribution in [0.3, 0.4) is 0 Å². The molecule has 0 unspecified atom stereocenters. The van der Waals surface area contributed by atoms with Gasteiger partial charge in [-0.05, 0) is 120 Å². The molecule has 20 heteroatoms. The quantitative estimate of drug-likeness (QED) is 0.0561. The van der Waals surface area contributed by atoms with E-state index in [1.807, 2.05) is 60.7 Å². The lowest BCUT2D eigenvalue weighted by atomic mass is 10.0. The number of amides is 2. The molecule has 0 aliphatic heterocycles. The lowest BCUT2D eigenvalue weighted by Crippen LogP contribution is -2.37. The van der Waals surface area contributed by atoms with E-state index in [4.69, 9.17) is 65.4 Å². The van der Waals surface area contributed by atoms with E-state index < -0.39 is 37.2 Å². The summed E-state index contributed by atoms with van der Waals surface area (Å²) >= 11 is 25.7. The highest BCUT2D eigenvalue weighted by molar-refractivity contribution is 6.38. The molecular formula is C55H40Cl4N2O14. The smallest absolute Gasteiger partial charge is 0.420 e. The highest BCUT2D eigenvalue weighted by Gasteiger charge is 2.26. The van der Waals surface area contributed by atoms with Gasteiger partial charge in [-0.25, -0.2) is 9.59 Å². The van der Waals surface area contributed by atoms with Crippen molar-refractivity contribution in [2.75, 3.05) is 22.9 Å². The SMILES string of the molecule is O=C(O)CN(C(=O)Oc1ccc(O)cc1)c1cc(Cl)c(Oc2ccc(O)c(-c3ccccc3)c2)c(Cl)c1.O=C(O)CN(C(=O)Oc1ccc(O)cc1)c1cc(Cl)c(Oc2ccc(O)c(Cc3ccccc3)c2)c(Cl)c1. The third-order valence-electron chi connectivity index (χ3n) is 10.5. The summed E-state index contributed by atoms with van der Waals surface area (Å²) in [5.41, 5.74) is 3.06. The van der Waals surface area contributed by atoms with Crippen LogP contribution in [0.1, 0.15) is 11.1 Å². The van der Waals surface area contributed by atoms with Crippen molar-refractivity contribution < 1.29 is 68.8 Å². The third kappa shape index (κ3) is 14.7. The Labute approximate surface area is 447 Å². The third-order valence-corrected chi connectivity index (χ3v) is 11.6. The molecule has 8 rings (SSSR count). The highest BCUT2D eigenvalue weighted by atomic mass is 35.5. The van der Waals surface area contributed by atoms with Crippen molar-refractivity contribution in [3.8, 4) is 68.6 Å². The molecule has 0 heterocycles. The molecule has 6 N–H and O–H groups in total. The van der Waals surface area contributed by atoms with Crippen LogP contribution >= 0.6 is 46.4 Å². The van der Waals surface area contributed by atoms with Crippen LogP contribution in [0.25, 0.3) is 11.1 Å². The van der Waals surface area contributed by atoms with Crippen LogP contribution in [0.2, 0.25) is 20.1 Å². The van der Waals surface area contributed by atoms with Crippen LogP contribution in [-0.4, -0.2) is 67.9 Å². The van der Waals surface area contributed by atoms with E-state index in [2.05, 4.69) is 0 Å². The van der Waals surface area contributed by atoms with Gasteiger partial charge in [0.2, 0.25) is 0 Å². The number of hydrogen-bond donors (Lipinski definition) is 6. The summed E-state index contributed by atoms with van der Waals surface area (Å²) in [5, 5.41) is 58.1. The molecule has 0 aliphatic carbocycles. The van der Waals surface area contributed by atoms with E-state index in [0.29, 0.717) is 29.0 Å². The van der Waals surface area contributed by atoms with E-state index >= 15 is 0 Å². The number of carboxylic acids is 2. The summed E-state index contributed by atoms with van der Waals surface area (Å²) in [6.07, 6.45) is -1.53. The summed E-state index contributed by atoms with van der Waals surface area (Å²) in [5.74, 6) is -1.45. The number of carbonyl (C=O) groups excluding carboxylic acids is 2. The first kappa shape index (κ1) is 54.0. The summed E-state index contributed by atoms with van der Waals surface area (Å²) in [6, 6.07) is 44.1. The van der Waals surface area contributed by atoms with Gasteiger partial charge < -0.3 is 49.6 Å². The van der Waals surface area contributed by atoms with Gasteiger partial charge >= 0.3 is 24.1 Å². The van der Waals surface area contributed by atoms with Gasteiger partial charge in [0.1, 0.15) is 59.1 Å². The molecule has 0 atom stereocenters. The molecule has 0 bridgehead atoms. The van der Waals surface area contributed by atoms with Crippen LogP contribution < -0.4 is 28.7 Å². The standard InChI is InChI=1S/C28H21Cl2NO7.C27H19Cl2NO7/c29-23-14-19(31(16-26(34)35)28(36)38-21-8-6-20(32)7-9-21)15-24(30)27(23)37-22-10-11-25(33)18(13-22)12-17-4-2-1-3-5-17;28-22-12-17(30(15-25(33)34)27(35)37-19-8-6-18(31)7-9-19)13-23(29)26(22)36-20-10-11-24(32)21(14-20)16-4-2-1-3-5-16/h1-11,13-15,32-33H,12,16H2,(H,34,35);1-14,31-32H,15H2,(H,33,34). The molecule has 0 saturated heterocycles. The Balaban J connectivity index is 0.000000219. The van der Waals surface area contributed by atoms with Crippen molar-refractivity contribution in [1.82, 2.24) is 0 Å². The Morgan fingerprint density at radius 3 is 1.25 bits per heavy atom.